The van der Waals surface area contributed by atoms with E-state index < -0.39 is 11.7 Å². The molecule has 5 nitrogen and oxygen atoms in total. The smallest absolute Gasteiger partial charge is 0.253 e. The lowest BCUT2D eigenvalue weighted by molar-refractivity contribution is -0.137. The van der Waals surface area contributed by atoms with E-state index in [1.165, 1.54) is 10.8 Å². The lowest BCUT2D eigenvalue weighted by atomic mass is 10.1. The Morgan fingerprint density at radius 2 is 1.91 bits per heavy atom. The van der Waals surface area contributed by atoms with Crippen molar-refractivity contribution in [2.24, 2.45) is 0 Å². The number of aromatic nitrogens is 5. The van der Waals surface area contributed by atoms with Gasteiger partial charge in [-0.2, -0.15) is 27.8 Å². The minimum absolute atomic E-state index is 0.128. The van der Waals surface area contributed by atoms with Gasteiger partial charge in [-0.05, 0) is 34.0 Å². The van der Waals surface area contributed by atoms with Gasteiger partial charge in [0.25, 0.3) is 5.78 Å². The highest BCUT2D eigenvalue weighted by atomic mass is 79.9. The summed E-state index contributed by atoms with van der Waals surface area (Å²) in [7, 11) is 0. The molecule has 0 aliphatic carbocycles. The van der Waals surface area contributed by atoms with Gasteiger partial charge in [-0.25, -0.2) is 4.98 Å². The number of alkyl halides is 3. The van der Waals surface area contributed by atoms with Crippen LogP contribution in [0.25, 0.3) is 17.2 Å². The van der Waals surface area contributed by atoms with Crippen molar-refractivity contribution in [1.82, 2.24) is 24.6 Å². The first-order valence-electron chi connectivity index (χ1n) is 6.71. The van der Waals surface area contributed by atoms with Crippen LogP contribution >= 0.6 is 15.9 Å². The van der Waals surface area contributed by atoms with Crippen LogP contribution in [0.5, 0.6) is 0 Å². The number of pyridine rings is 1. The minimum atomic E-state index is -4.45. The summed E-state index contributed by atoms with van der Waals surface area (Å²) in [6, 6.07) is 2.76. The predicted octanol–water partition coefficient (Wildman–Crippen LogP) is 4.09. The highest BCUT2D eigenvalue weighted by Gasteiger charge is 2.31. The molecule has 0 saturated carbocycles. The van der Waals surface area contributed by atoms with Crippen LogP contribution < -0.4 is 0 Å². The summed E-state index contributed by atoms with van der Waals surface area (Å²) in [5, 5.41) is 4.07. The topological polar surface area (TPSA) is 56.0 Å². The van der Waals surface area contributed by atoms with Gasteiger partial charge in [-0.15, -0.1) is 0 Å². The third kappa shape index (κ3) is 2.92. The molecule has 3 aromatic rings. The summed E-state index contributed by atoms with van der Waals surface area (Å²) in [6.07, 6.45) is -2.30. The minimum Gasteiger partial charge on any atom is -0.253 e. The molecule has 0 spiro atoms. The molecule has 120 valence electrons. The van der Waals surface area contributed by atoms with Crippen molar-refractivity contribution in [2.45, 2.75) is 25.9 Å². The largest absolute Gasteiger partial charge is 0.417 e. The number of fused-ring (bicyclic) bond motifs is 1. The number of halogens is 4. The lowest BCUT2D eigenvalue weighted by Crippen LogP contribution is -2.07. The van der Waals surface area contributed by atoms with Crippen LogP contribution in [0.1, 0.15) is 31.0 Å². The van der Waals surface area contributed by atoms with Gasteiger partial charge in [-0.1, -0.05) is 13.8 Å². The standard InChI is InChI=1S/C14H11BrF3N5/c1-7(2)10-4-11(23-13(22-10)20-6-21-23)12-9(15)3-8(5-19-12)14(16,17)18/h3-7H,1-2H3. The third-order valence-electron chi connectivity index (χ3n) is 3.27. The first kappa shape index (κ1) is 15.9. The molecule has 0 aromatic carbocycles. The maximum atomic E-state index is 12.8. The molecule has 0 fully saturated rings. The molecule has 0 bridgehead atoms. The van der Waals surface area contributed by atoms with Crippen LogP contribution in [0.3, 0.4) is 0 Å². The zero-order valence-electron chi connectivity index (χ0n) is 12.1. The van der Waals surface area contributed by atoms with Gasteiger partial charge in [0, 0.05) is 16.4 Å². The highest BCUT2D eigenvalue weighted by molar-refractivity contribution is 9.10. The van der Waals surface area contributed by atoms with Gasteiger partial charge in [-0.3, -0.25) is 4.98 Å². The van der Waals surface area contributed by atoms with Crippen molar-refractivity contribution < 1.29 is 13.2 Å². The first-order chi connectivity index (χ1) is 10.8. The van der Waals surface area contributed by atoms with Crippen LogP contribution in [0.4, 0.5) is 13.2 Å². The Morgan fingerprint density at radius 3 is 2.52 bits per heavy atom. The maximum Gasteiger partial charge on any atom is 0.417 e. The van der Waals surface area contributed by atoms with E-state index >= 15 is 0 Å². The summed E-state index contributed by atoms with van der Waals surface area (Å²) >= 11 is 3.17. The molecule has 0 saturated heterocycles. The molecule has 0 atom stereocenters. The SMILES string of the molecule is CC(C)c1cc(-c2ncc(C(F)(F)F)cc2Br)n2ncnc2n1. The van der Waals surface area contributed by atoms with Crippen LogP contribution in [0.2, 0.25) is 0 Å². The molecule has 3 heterocycles. The van der Waals surface area contributed by atoms with E-state index in [4.69, 9.17) is 0 Å². The highest BCUT2D eigenvalue weighted by Crippen LogP contribution is 2.34. The van der Waals surface area contributed by atoms with E-state index in [1.54, 1.807) is 6.07 Å². The monoisotopic (exact) mass is 385 g/mol. The maximum absolute atomic E-state index is 12.8. The van der Waals surface area contributed by atoms with E-state index in [-0.39, 0.29) is 10.4 Å². The van der Waals surface area contributed by atoms with Crippen molar-refractivity contribution in [3.63, 3.8) is 0 Å². The summed E-state index contributed by atoms with van der Waals surface area (Å²) in [6.45, 7) is 3.93. The zero-order chi connectivity index (χ0) is 16.8. The first-order valence-corrected chi connectivity index (χ1v) is 7.50. The van der Waals surface area contributed by atoms with E-state index in [9.17, 15) is 13.2 Å². The van der Waals surface area contributed by atoms with Crippen molar-refractivity contribution in [2.75, 3.05) is 0 Å². The summed E-state index contributed by atoms with van der Waals surface area (Å²) < 4.78 is 40.0. The molecule has 0 radical (unpaired) electrons. The van der Waals surface area contributed by atoms with Crippen molar-refractivity contribution in [3.05, 3.63) is 40.4 Å². The molecule has 23 heavy (non-hydrogen) atoms. The number of hydrogen-bond acceptors (Lipinski definition) is 4. The molecule has 3 rings (SSSR count). The van der Waals surface area contributed by atoms with E-state index in [0.717, 1.165) is 18.0 Å². The van der Waals surface area contributed by atoms with Gasteiger partial charge >= 0.3 is 6.18 Å². The van der Waals surface area contributed by atoms with E-state index in [2.05, 4.69) is 36.0 Å². The van der Waals surface area contributed by atoms with Crippen molar-refractivity contribution in [3.8, 4) is 11.4 Å². The van der Waals surface area contributed by atoms with Gasteiger partial charge in [0.05, 0.1) is 11.3 Å². The average Bonchev–Trinajstić information content (AvgIpc) is 2.93. The van der Waals surface area contributed by atoms with Crippen molar-refractivity contribution in [1.29, 1.82) is 0 Å². The van der Waals surface area contributed by atoms with Gasteiger partial charge in [0.2, 0.25) is 0 Å². The molecular weight excluding hydrogens is 375 g/mol. The molecule has 0 aliphatic rings. The van der Waals surface area contributed by atoms with Crippen LogP contribution in [-0.2, 0) is 6.18 Å². The van der Waals surface area contributed by atoms with E-state index in [0.29, 0.717) is 17.2 Å². The Kier molecular flexibility index (Phi) is 3.83. The molecular formula is C14H11BrF3N5. The quantitative estimate of drug-likeness (QED) is 0.666. The van der Waals surface area contributed by atoms with Gasteiger partial charge in [0.1, 0.15) is 12.0 Å². The molecule has 0 unspecified atom stereocenters. The molecule has 0 amide bonds. The zero-order valence-corrected chi connectivity index (χ0v) is 13.7. The number of rotatable bonds is 2. The van der Waals surface area contributed by atoms with Crippen molar-refractivity contribution >= 4 is 21.7 Å². The second-order valence-corrected chi connectivity index (χ2v) is 6.10. The summed E-state index contributed by atoms with van der Waals surface area (Å²) in [5.41, 5.74) is 0.810. The number of nitrogens with zero attached hydrogens (tertiary/aromatic N) is 5. The predicted molar refractivity (Wildman–Crippen MR) is 80.8 cm³/mol. The van der Waals surface area contributed by atoms with E-state index in [1.807, 2.05) is 13.8 Å². The van der Waals surface area contributed by atoms with Gasteiger partial charge < -0.3 is 0 Å². The fourth-order valence-electron chi connectivity index (χ4n) is 2.08. The van der Waals surface area contributed by atoms with Crippen LogP contribution in [0.15, 0.2) is 29.1 Å². The second kappa shape index (κ2) is 5.55. The normalized spacial score (nSPS) is 12.3. The Balaban J connectivity index is 2.22. The Hall–Kier alpha value is -2.03. The fourth-order valence-corrected chi connectivity index (χ4v) is 2.63. The summed E-state index contributed by atoms with van der Waals surface area (Å²) in [5.74, 6) is 0.503. The fraction of sp³-hybridized carbons (Fsp3) is 0.286. The Bertz CT molecular complexity index is 872. The Labute approximate surface area is 137 Å². The van der Waals surface area contributed by atoms with Gasteiger partial charge in [0.15, 0.2) is 0 Å². The summed E-state index contributed by atoms with van der Waals surface area (Å²) in [4.78, 5) is 12.4. The lowest BCUT2D eigenvalue weighted by Gasteiger charge is -2.12. The average molecular weight is 386 g/mol. The number of hydrogen-bond donors (Lipinski definition) is 0. The molecule has 9 heteroatoms. The Morgan fingerprint density at radius 1 is 1.17 bits per heavy atom. The van der Waals surface area contributed by atoms with Crippen LogP contribution in [-0.4, -0.2) is 24.6 Å². The molecule has 0 aliphatic heterocycles. The van der Waals surface area contributed by atoms with Crippen LogP contribution in [0, 0.1) is 0 Å². The molecule has 0 N–H and O–H groups in total. The second-order valence-electron chi connectivity index (χ2n) is 5.24. The third-order valence-corrected chi connectivity index (χ3v) is 3.88. The molecule has 3 aromatic heterocycles.